The average molecular weight is 465 g/mol. The molecule has 1 aliphatic heterocycles. The summed E-state index contributed by atoms with van der Waals surface area (Å²) in [5, 5.41) is 14.0. The fourth-order valence-electron chi connectivity index (χ4n) is 5.85. The molecule has 2 atom stereocenters. The quantitative estimate of drug-likeness (QED) is 0.532. The van der Waals surface area contributed by atoms with Crippen molar-refractivity contribution in [1.29, 1.82) is 0 Å². The Balaban J connectivity index is 1.50. The summed E-state index contributed by atoms with van der Waals surface area (Å²) in [5.74, 6) is 0.913. The molecule has 0 amide bonds. The van der Waals surface area contributed by atoms with Gasteiger partial charge in [0, 0.05) is 25.3 Å². The molecule has 0 radical (unpaired) electrons. The first-order valence-corrected chi connectivity index (χ1v) is 12.8. The number of hydrogen-bond acceptors (Lipinski definition) is 6. The Bertz CT molecular complexity index is 1190. The predicted octanol–water partition coefficient (Wildman–Crippen LogP) is 4.38. The van der Waals surface area contributed by atoms with Crippen molar-refractivity contribution in [3.8, 4) is 0 Å². The Morgan fingerprint density at radius 2 is 2.00 bits per heavy atom. The van der Waals surface area contributed by atoms with Crippen molar-refractivity contribution in [1.82, 2.24) is 30.1 Å². The van der Waals surface area contributed by atoms with Crippen LogP contribution in [0.5, 0.6) is 0 Å². The SMILES string of the molecule is CC[C@H](c1nnnn1C1CCCC1)N(Cc1cc2cc(C)cc(C)c2[nH]c1=O)C[C@H]1CCCO1. The van der Waals surface area contributed by atoms with Crippen LogP contribution < -0.4 is 5.56 Å². The molecule has 3 heterocycles. The number of pyridine rings is 1. The van der Waals surface area contributed by atoms with E-state index in [0.717, 1.165) is 73.1 Å². The molecule has 0 spiro atoms. The molecule has 1 saturated heterocycles. The molecule has 2 aromatic heterocycles. The van der Waals surface area contributed by atoms with Crippen molar-refractivity contribution in [2.24, 2.45) is 0 Å². The summed E-state index contributed by atoms with van der Waals surface area (Å²) in [7, 11) is 0. The van der Waals surface area contributed by atoms with Gasteiger partial charge in [0.15, 0.2) is 5.82 Å². The van der Waals surface area contributed by atoms with Crippen LogP contribution in [-0.4, -0.2) is 49.3 Å². The van der Waals surface area contributed by atoms with Gasteiger partial charge >= 0.3 is 0 Å². The van der Waals surface area contributed by atoms with Gasteiger partial charge in [-0.15, -0.1) is 5.10 Å². The molecule has 2 fully saturated rings. The van der Waals surface area contributed by atoms with Gasteiger partial charge in [0.05, 0.1) is 23.7 Å². The van der Waals surface area contributed by atoms with E-state index in [0.29, 0.717) is 12.6 Å². The van der Waals surface area contributed by atoms with Crippen LogP contribution in [-0.2, 0) is 11.3 Å². The van der Waals surface area contributed by atoms with Crippen molar-refractivity contribution < 1.29 is 4.74 Å². The summed E-state index contributed by atoms with van der Waals surface area (Å²) in [6, 6.07) is 6.71. The van der Waals surface area contributed by atoms with Crippen LogP contribution in [0.4, 0.5) is 0 Å². The van der Waals surface area contributed by atoms with E-state index in [9.17, 15) is 4.79 Å². The third kappa shape index (κ3) is 4.66. The van der Waals surface area contributed by atoms with Gasteiger partial charge < -0.3 is 9.72 Å². The first kappa shape index (κ1) is 23.2. The number of aryl methyl sites for hydroxylation is 2. The maximum atomic E-state index is 13.2. The average Bonchev–Trinajstić information content (AvgIpc) is 3.58. The number of nitrogens with zero attached hydrogens (tertiary/aromatic N) is 5. The molecule has 0 bridgehead atoms. The fourth-order valence-corrected chi connectivity index (χ4v) is 5.85. The number of fused-ring (bicyclic) bond motifs is 1. The highest BCUT2D eigenvalue weighted by Crippen LogP contribution is 2.33. The van der Waals surface area contributed by atoms with E-state index in [1.165, 1.54) is 18.4 Å². The van der Waals surface area contributed by atoms with Gasteiger partial charge in [-0.3, -0.25) is 9.69 Å². The number of benzene rings is 1. The molecule has 182 valence electrons. The van der Waals surface area contributed by atoms with Crippen LogP contribution in [0.25, 0.3) is 10.9 Å². The molecule has 1 N–H and O–H groups in total. The molecular formula is C26H36N6O2. The fraction of sp³-hybridized carbons (Fsp3) is 0.615. The van der Waals surface area contributed by atoms with Gasteiger partial charge in [-0.1, -0.05) is 31.4 Å². The van der Waals surface area contributed by atoms with Crippen molar-refractivity contribution in [3.05, 3.63) is 51.1 Å². The second kappa shape index (κ2) is 9.96. The van der Waals surface area contributed by atoms with Gasteiger partial charge in [0.25, 0.3) is 5.56 Å². The first-order valence-electron chi connectivity index (χ1n) is 12.8. The van der Waals surface area contributed by atoms with Crippen LogP contribution in [0.3, 0.4) is 0 Å². The number of ether oxygens (including phenoxy) is 1. The third-order valence-corrected chi connectivity index (χ3v) is 7.52. The molecule has 2 aliphatic rings. The highest BCUT2D eigenvalue weighted by atomic mass is 16.5. The minimum absolute atomic E-state index is 0.0224. The van der Waals surface area contributed by atoms with E-state index in [4.69, 9.17) is 4.74 Å². The summed E-state index contributed by atoms with van der Waals surface area (Å²) in [4.78, 5) is 18.7. The molecule has 1 aromatic carbocycles. The molecule has 5 rings (SSSR count). The zero-order chi connectivity index (χ0) is 23.7. The van der Waals surface area contributed by atoms with Gasteiger partial charge in [0.2, 0.25) is 0 Å². The molecule has 34 heavy (non-hydrogen) atoms. The monoisotopic (exact) mass is 464 g/mol. The number of tetrazole rings is 1. The largest absolute Gasteiger partial charge is 0.377 e. The number of H-pyrrole nitrogens is 1. The van der Waals surface area contributed by atoms with E-state index in [-0.39, 0.29) is 17.7 Å². The minimum atomic E-state index is -0.0259. The van der Waals surface area contributed by atoms with Gasteiger partial charge in [-0.25, -0.2) is 4.68 Å². The highest BCUT2D eigenvalue weighted by Gasteiger charge is 2.31. The van der Waals surface area contributed by atoms with Crippen molar-refractivity contribution in [3.63, 3.8) is 0 Å². The lowest BCUT2D eigenvalue weighted by atomic mass is 10.0. The predicted molar refractivity (Wildman–Crippen MR) is 132 cm³/mol. The molecule has 0 unspecified atom stereocenters. The first-order chi connectivity index (χ1) is 16.5. The molecule has 8 heteroatoms. The lowest BCUT2D eigenvalue weighted by Crippen LogP contribution is -2.38. The number of aromatic nitrogens is 5. The summed E-state index contributed by atoms with van der Waals surface area (Å²) >= 11 is 0. The molecule has 1 saturated carbocycles. The summed E-state index contributed by atoms with van der Waals surface area (Å²) < 4.78 is 8.07. The lowest BCUT2D eigenvalue weighted by Gasteiger charge is -2.32. The van der Waals surface area contributed by atoms with Crippen LogP contribution in [0.1, 0.15) is 86.5 Å². The number of hydrogen-bond donors (Lipinski definition) is 1. The Morgan fingerprint density at radius 1 is 1.18 bits per heavy atom. The number of aromatic amines is 1. The normalized spacial score (nSPS) is 20.1. The maximum Gasteiger partial charge on any atom is 0.252 e. The Kier molecular flexibility index (Phi) is 6.79. The standard InChI is InChI=1S/C26H36N6O2/c1-4-23(25-28-29-30-32(25)21-8-5-6-9-21)31(16-22-10-7-11-34-22)15-20-14-19-13-17(2)12-18(3)24(19)27-26(20)33/h12-14,21-23H,4-11,15-16H2,1-3H3,(H,27,33)/t22-,23-/m1/s1. The number of nitrogens with one attached hydrogen (secondary N) is 1. The topological polar surface area (TPSA) is 88.9 Å². The van der Waals surface area contributed by atoms with Crippen LogP contribution >= 0.6 is 0 Å². The summed E-state index contributed by atoms with van der Waals surface area (Å²) in [6.07, 6.45) is 7.89. The van der Waals surface area contributed by atoms with E-state index < -0.39 is 0 Å². The van der Waals surface area contributed by atoms with Gasteiger partial charge in [-0.05, 0) is 79.5 Å². The zero-order valence-corrected chi connectivity index (χ0v) is 20.6. The van der Waals surface area contributed by atoms with E-state index in [1.54, 1.807) is 0 Å². The summed E-state index contributed by atoms with van der Waals surface area (Å²) in [6.45, 7) is 8.43. The Morgan fingerprint density at radius 3 is 2.74 bits per heavy atom. The van der Waals surface area contributed by atoms with Crippen LogP contribution in [0.2, 0.25) is 0 Å². The van der Waals surface area contributed by atoms with E-state index in [1.807, 2.05) is 6.92 Å². The van der Waals surface area contributed by atoms with Gasteiger partial charge in [-0.2, -0.15) is 0 Å². The smallest absolute Gasteiger partial charge is 0.252 e. The maximum absolute atomic E-state index is 13.2. The van der Waals surface area contributed by atoms with Crippen molar-refractivity contribution in [2.75, 3.05) is 13.2 Å². The van der Waals surface area contributed by atoms with Crippen molar-refractivity contribution >= 4 is 10.9 Å². The molecule has 3 aromatic rings. The Labute approximate surface area is 200 Å². The van der Waals surface area contributed by atoms with Crippen molar-refractivity contribution in [2.45, 2.75) is 90.4 Å². The van der Waals surface area contributed by atoms with E-state index in [2.05, 4.69) is 62.1 Å². The minimum Gasteiger partial charge on any atom is -0.377 e. The third-order valence-electron chi connectivity index (χ3n) is 7.52. The molecule has 8 nitrogen and oxygen atoms in total. The Hall–Kier alpha value is -2.58. The van der Waals surface area contributed by atoms with Crippen LogP contribution in [0, 0.1) is 13.8 Å². The summed E-state index contributed by atoms with van der Waals surface area (Å²) in [5.41, 5.74) is 3.96. The second-order valence-corrected chi connectivity index (χ2v) is 10.1. The second-order valence-electron chi connectivity index (χ2n) is 10.1. The molecular weight excluding hydrogens is 428 g/mol. The van der Waals surface area contributed by atoms with Gasteiger partial charge in [0.1, 0.15) is 0 Å². The molecule has 1 aliphatic carbocycles. The van der Waals surface area contributed by atoms with Crippen LogP contribution in [0.15, 0.2) is 23.0 Å². The zero-order valence-electron chi connectivity index (χ0n) is 20.6. The number of rotatable bonds is 8. The lowest BCUT2D eigenvalue weighted by molar-refractivity contribution is 0.0484. The highest BCUT2D eigenvalue weighted by molar-refractivity contribution is 5.82. The van der Waals surface area contributed by atoms with E-state index >= 15 is 0 Å².